The Bertz CT molecular complexity index is 553. The molecular formula is C15H18N2O4. The van der Waals surface area contributed by atoms with Gasteiger partial charge in [-0.3, -0.25) is 9.59 Å². The Hall–Kier alpha value is -2.24. The molecule has 0 saturated heterocycles. The molecule has 21 heavy (non-hydrogen) atoms. The number of carbonyl (C=O) groups is 2. The quantitative estimate of drug-likeness (QED) is 0.808. The Morgan fingerprint density at radius 1 is 1.00 bits per heavy atom. The van der Waals surface area contributed by atoms with E-state index in [1.54, 1.807) is 18.2 Å². The van der Waals surface area contributed by atoms with E-state index >= 15 is 0 Å². The molecule has 0 radical (unpaired) electrons. The van der Waals surface area contributed by atoms with Crippen LogP contribution in [0.3, 0.4) is 0 Å². The monoisotopic (exact) mass is 290 g/mol. The number of hydrogen-bond donors (Lipinski definition) is 2. The molecule has 1 heterocycles. The summed E-state index contributed by atoms with van der Waals surface area (Å²) in [6.07, 6.45) is 4.11. The van der Waals surface area contributed by atoms with E-state index in [1.807, 2.05) is 0 Å². The third-order valence-corrected chi connectivity index (χ3v) is 3.70. The van der Waals surface area contributed by atoms with Crippen LogP contribution in [0.5, 0.6) is 11.5 Å². The van der Waals surface area contributed by atoms with Crippen molar-refractivity contribution >= 4 is 17.5 Å². The van der Waals surface area contributed by atoms with E-state index in [-0.39, 0.29) is 6.04 Å². The van der Waals surface area contributed by atoms with Crippen LogP contribution in [-0.4, -0.2) is 31.1 Å². The molecule has 1 aromatic carbocycles. The van der Waals surface area contributed by atoms with E-state index in [2.05, 4.69) is 10.6 Å². The molecule has 2 amide bonds. The van der Waals surface area contributed by atoms with E-state index in [9.17, 15) is 9.59 Å². The number of benzene rings is 1. The van der Waals surface area contributed by atoms with Gasteiger partial charge in [-0.25, -0.2) is 0 Å². The predicted molar refractivity (Wildman–Crippen MR) is 76.5 cm³/mol. The molecule has 2 aliphatic rings. The number of ether oxygens (including phenoxy) is 2. The van der Waals surface area contributed by atoms with Crippen molar-refractivity contribution in [2.24, 2.45) is 0 Å². The summed E-state index contributed by atoms with van der Waals surface area (Å²) in [6.45, 7) is 0.995. The highest BCUT2D eigenvalue weighted by molar-refractivity contribution is 6.39. The second-order valence-corrected chi connectivity index (χ2v) is 5.27. The molecule has 0 unspecified atom stereocenters. The van der Waals surface area contributed by atoms with Crippen molar-refractivity contribution < 1.29 is 19.1 Å². The largest absolute Gasteiger partial charge is 0.486 e. The van der Waals surface area contributed by atoms with Gasteiger partial charge in [-0.1, -0.05) is 12.8 Å². The minimum atomic E-state index is -0.654. The zero-order chi connectivity index (χ0) is 14.7. The molecule has 1 saturated carbocycles. The molecule has 0 bridgehead atoms. The van der Waals surface area contributed by atoms with E-state index in [0.29, 0.717) is 30.4 Å². The van der Waals surface area contributed by atoms with Crippen molar-refractivity contribution in [3.63, 3.8) is 0 Å². The Balaban J connectivity index is 1.60. The molecule has 1 aliphatic heterocycles. The molecule has 6 nitrogen and oxygen atoms in total. The van der Waals surface area contributed by atoms with Gasteiger partial charge in [0.2, 0.25) is 0 Å². The summed E-state index contributed by atoms with van der Waals surface area (Å²) in [4.78, 5) is 23.7. The summed E-state index contributed by atoms with van der Waals surface area (Å²) in [5.41, 5.74) is 0.519. The predicted octanol–water partition coefficient (Wildman–Crippen LogP) is 1.46. The lowest BCUT2D eigenvalue weighted by atomic mass is 10.2. The highest BCUT2D eigenvalue weighted by Gasteiger charge is 2.22. The van der Waals surface area contributed by atoms with E-state index < -0.39 is 11.8 Å². The van der Waals surface area contributed by atoms with Crippen LogP contribution in [0.1, 0.15) is 25.7 Å². The number of fused-ring (bicyclic) bond motifs is 1. The van der Waals surface area contributed by atoms with Gasteiger partial charge in [0.1, 0.15) is 13.2 Å². The van der Waals surface area contributed by atoms with Crippen molar-refractivity contribution in [3.8, 4) is 11.5 Å². The Labute approximate surface area is 122 Å². The molecule has 2 N–H and O–H groups in total. The highest BCUT2D eigenvalue weighted by atomic mass is 16.6. The normalized spacial score (nSPS) is 17.3. The maximum Gasteiger partial charge on any atom is 0.313 e. The van der Waals surface area contributed by atoms with Gasteiger partial charge in [0.15, 0.2) is 11.5 Å². The van der Waals surface area contributed by atoms with Gasteiger partial charge in [-0.05, 0) is 25.0 Å². The zero-order valence-electron chi connectivity index (χ0n) is 11.7. The van der Waals surface area contributed by atoms with Crippen molar-refractivity contribution in [1.29, 1.82) is 0 Å². The Morgan fingerprint density at radius 2 is 1.71 bits per heavy atom. The summed E-state index contributed by atoms with van der Waals surface area (Å²) >= 11 is 0. The van der Waals surface area contributed by atoms with Crippen molar-refractivity contribution in [2.75, 3.05) is 18.5 Å². The number of hydrogen-bond acceptors (Lipinski definition) is 4. The zero-order valence-corrected chi connectivity index (χ0v) is 11.7. The number of nitrogens with one attached hydrogen (secondary N) is 2. The second kappa shape index (κ2) is 6.03. The minimum Gasteiger partial charge on any atom is -0.486 e. The molecule has 112 valence electrons. The first-order chi connectivity index (χ1) is 10.2. The first kappa shape index (κ1) is 13.7. The number of carbonyl (C=O) groups excluding carboxylic acids is 2. The maximum atomic E-state index is 11.9. The first-order valence-electron chi connectivity index (χ1n) is 7.24. The van der Waals surface area contributed by atoms with Crippen LogP contribution in [-0.2, 0) is 9.59 Å². The number of rotatable bonds is 2. The van der Waals surface area contributed by atoms with Crippen molar-refractivity contribution in [2.45, 2.75) is 31.7 Å². The van der Waals surface area contributed by atoms with Gasteiger partial charge in [0.25, 0.3) is 0 Å². The smallest absolute Gasteiger partial charge is 0.313 e. The molecule has 1 aromatic rings. The molecule has 0 spiro atoms. The number of anilines is 1. The summed E-state index contributed by atoms with van der Waals surface area (Å²) in [5.74, 6) is -0.0136. The van der Waals surface area contributed by atoms with Gasteiger partial charge < -0.3 is 20.1 Å². The van der Waals surface area contributed by atoms with E-state index in [1.165, 1.54) is 0 Å². The molecular weight excluding hydrogens is 272 g/mol. The van der Waals surface area contributed by atoms with Crippen LogP contribution < -0.4 is 20.1 Å². The van der Waals surface area contributed by atoms with Gasteiger partial charge in [-0.2, -0.15) is 0 Å². The lowest BCUT2D eigenvalue weighted by Gasteiger charge is -2.19. The topological polar surface area (TPSA) is 76.7 Å². The fraction of sp³-hybridized carbons (Fsp3) is 0.467. The number of amides is 2. The van der Waals surface area contributed by atoms with Crippen LogP contribution >= 0.6 is 0 Å². The average Bonchev–Trinajstić information content (AvgIpc) is 3.00. The Morgan fingerprint density at radius 3 is 2.48 bits per heavy atom. The fourth-order valence-electron chi connectivity index (χ4n) is 2.63. The summed E-state index contributed by atoms with van der Waals surface area (Å²) in [6, 6.07) is 5.20. The summed E-state index contributed by atoms with van der Waals surface area (Å²) < 4.78 is 10.8. The van der Waals surface area contributed by atoms with Gasteiger partial charge in [0, 0.05) is 17.8 Å². The van der Waals surface area contributed by atoms with Crippen LogP contribution in [0.4, 0.5) is 5.69 Å². The lowest BCUT2D eigenvalue weighted by Crippen LogP contribution is -2.40. The first-order valence-corrected chi connectivity index (χ1v) is 7.24. The minimum absolute atomic E-state index is 0.128. The van der Waals surface area contributed by atoms with Crippen molar-refractivity contribution in [3.05, 3.63) is 18.2 Å². The standard InChI is InChI=1S/C15H18N2O4/c18-14(16-10-3-1-2-4-10)15(19)17-11-5-6-12-13(9-11)21-8-7-20-12/h5-6,9-10H,1-4,7-8H2,(H,16,18)(H,17,19). The lowest BCUT2D eigenvalue weighted by molar-refractivity contribution is -0.136. The second-order valence-electron chi connectivity index (χ2n) is 5.27. The van der Waals surface area contributed by atoms with Gasteiger partial charge in [-0.15, -0.1) is 0 Å². The third kappa shape index (κ3) is 3.26. The van der Waals surface area contributed by atoms with Gasteiger partial charge in [0.05, 0.1) is 0 Å². The molecule has 0 aromatic heterocycles. The molecule has 6 heteroatoms. The van der Waals surface area contributed by atoms with Crippen LogP contribution in [0.25, 0.3) is 0 Å². The molecule has 1 aliphatic carbocycles. The molecule has 0 atom stereocenters. The van der Waals surface area contributed by atoms with E-state index in [0.717, 1.165) is 25.7 Å². The van der Waals surface area contributed by atoms with Crippen LogP contribution in [0, 0.1) is 0 Å². The highest BCUT2D eigenvalue weighted by Crippen LogP contribution is 2.32. The van der Waals surface area contributed by atoms with Crippen LogP contribution in [0.2, 0.25) is 0 Å². The SMILES string of the molecule is O=C(Nc1ccc2c(c1)OCCO2)C(=O)NC1CCCC1. The Kier molecular flexibility index (Phi) is 3.94. The molecule has 3 rings (SSSR count). The average molecular weight is 290 g/mol. The van der Waals surface area contributed by atoms with Gasteiger partial charge >= 0.3 is 11.8 Å². The van der Waals surface area contributed by atoms with Crippen LogP contribution in [0.15, 0.2) is 18.2 Å². The third-order valence-electron chi connectivity index (χ3n) is 3.70. The van der Waals surface area contributed by atoms with E-state index in [4.69, 9.17) is 9.47 Å². The fourth-order valence-corrected chi connectivity index (χ4v) is 2.63. The summed E-state index contributed by atoms with van der Waals surface area (Å²) in [5, 5.41) is 5.33. The maximum absolute atomic E-state index is 11.9. The molecule has 1 fully saturated rings. The van der Waals surface area contributed by atoms with Crippen molar-refractivity contribution in [1.82, 2.24) is 5.32 Å². The summed E-state index contributed by atoms with van der Waals surface area (Å²) in [7, 11) is 0.